The maximum absolute atomic E-state index is 11.2. The van der Waals surface area contributed by atoms with Crippen LogP contribution in [0, 0.1) is 5.92 Å². The molecule has 4 nitrogen and oxygen atoms in total. The minimum absolute atomic E-state index is 0.172. The molecule has 0 fully saturated rings. The molecule has 0 saturated carbocycles. The topological polar surface area (TPSA) is 52.1 Å². The lowest BCUT2D eigenvalue weighted by Gasteiger charge is -2.18. The van der Waals surface area contributed by atoms with Crippen LogP contribution in [-0.2, 0) is 22.4 Å². The third kappa shape index (κ3) is 3.06. The van der Waals surface area contributed by atoms with Crippen molar-refractivity contribution in [3.05, 3.63) is 16.8 Å². The molecule has 2 heterocycles. The summed E-state index contributed by atoms with van der Waals surface area (Å²) >= 11 is 3.43. The molecule has 1 aliphatic rings. The molecule has 0 amide bonds. The van der Waals surface area contributed by atoms with Gasteiger partial charge in [0.25, 0.3) is 0 Å². The van der Waals surface area contributed by atoms with Crippen LogP contribution in [0.1, 0.15) is 30.2 Å². The van der Waals surface area contributed by atoms with Crippen molar-refractivity contribution in [2.24, 2.45) is 5.92 Å². The molecule has 2 aromatic rings. The average molecular weight is 322 g/mol. The highest BCUT2D eigenvalue weighted by atomic mass is 32.2. The summed E-state index contributed by atoms with van der Waals surface area (Å²) in [6.07, 6.45) is 5.56. The summed E-state index contributed by atoms with van der Waals surface area (Å²) in [5, 5.41) is 2.23. The van der Waals surface area contributed by atoms with Crippen LogP contribution >= 0.6 is 23.1 Å². The molecule has 6 heteroatoms. The number of carbonyl (C=O) groups excluding carboxylic acids is 1. The van der Waals surface area contributed by atoms with Gasteiger partial charge >= 0.3 is 5.97 Å². The van der Waals surface area contributed by atoms with Crippen molar-refractivity contribution in [1.82, 2.24) is 9.97 Å². The van der Waals surface area contributed by atoms with Gasteiger partial charge < -0.3 is 4.74 Å². The first-order valence-electron chi connectivity index (χ1n) is 7.14. The van der Waals surface area contributed by atoms with Gasteiger partial charge in [-0.2, -0.15) is 0 Å². The lowest BCUT2D eigenvalue weighted by Crippen LogP contribution is -2.08. The van der Waals surface area contributed by atoms with Crippen molar-refractivity contribution >= 4 is 39.3 Å². The predicted molar refractivity (Wildman–Crippen MR) is 86.0 cm³/mol. The van der Waals surface area contributed by atoms with Crippen LogP contribution < -0.4 is 0 Å². The van der Waals surface area contributed by atoms with Gasteiger partial charge in [0.05, 0.1) is 13.5 Å². The smallest absolute Gasteiger partial charge is 0.306 e. The monoisotopic (exact) mass is 322 g/mol. The molecule has 0 aliphatic heterocycles. The SMILES string of the molecule is COC(=O)CCSc1ncnc2sc3c(c12)CC[C@@H](C)C3. The van der Waals surface area contributed by atoms with Gasteiger partial charge in [0.15, 0.2) is 0 Å². The van der Waals surface area contributed by atoms with Crippen LogP contribution in [0.25, 0.3) is 10.2 Å². The van der Waals surface area contributed by atoms with Crippen molar-refractivity contribution in [2.45, 2.75) is 37.6 Å². The fourth-order valence-corrected chi connectivity index (χ4v) is 5.05. The van der Waals surface area contributed by atoms with E-state index in [1.165, 1.54) is 29.4 Å². The molecule has 0 unspecified atom stereocenters. The van der Waals surface area contributed by atoms with Crippen molar-refractivity contribution in [3.8, 4) is 0 Å². The zero-order valence-corrected chi connectivity index (χ0v) is 13.9. The van der Waals surface area contributed by atoms with Gasteiger partial charge in [-0.15, -0.1) is 23.1 Å². The Morgan fingerprint density at radius 1 is 1.52 bits per heavy atom. The normalized spacial score (nSPS) is 17.7. The predicted octanol–water partition coefficient (Wildman–Crippen LogP) is 3.47. The zero-order valence-electron chi connectivity index (χ0n) is 12.2. The van der Waals surface area contributed by atoms with Gasteiger partial charge in [-0.05, 0) is 30.7 Å². The number of ether oxygens (including phenoxy) is 1. The van der Waals surface area contributed by atoms with Gasteiger partial charge in [-0.3, -0.25) is 4.79 Å². The van der Waals surface area contributed by atoms with Crippen LogP contribution in [0.4, 0.5) is 0 Å². The minimum Gasteiger partial charge on any atom is -0.469 e. The number of thiophene rings is 1. The Morgan fingerprint density at radius 3 is 3.19 bits per heavy atom. The van der Waals surface area contributed by atoms with Gasteiger partial charge in [0.1, 0.15) is 16.2 Å². The van der Waals surface area contributed by atoms with Gasteiger partial charge in [0.2, 0.25) is 0 Å². The number of carbonyl (C=O) groups is 1. The summed E-state index contributed by atoms with van der Waals surface area (Å²) in [5.41, 5.74) is 1.44. The highest BCUT2D eigenvalue weighted by Crippen LogP contribution is 2.40. The fraction of sp³-hybridized carbons (Fsp3) is 0.533. The highest BCUT2D eigenvalue weighted by molar-refractivity contribution is 7.99. The molecule has 0 N–H and O–H groups in total. The fourth-order valence-electron chi connectivity index (χ4n) is 2.69. The first-order chi connectivity index (χ1) is 10.2. The van der Waals surface area contributed by atoms with Crippen LogP contribution in [-0.4, -0.2) is 28.8 Å². The van der Waals surface area contributed by atoms with E-state index >= 15 is 0 Å². The van der Waals surface area contributed by atoms with Gasteiger partial charge in [0, 0.05) is 16.0 Å². The highest BCUT2D eigenvalue weighted by Gasteiger charge is 2.23. The number of aromatic nitrogens is 2. The summed E-state index contributed by atoms with van der Waals surface area (Å²) in [7, 11) is 1.42. The summed E-state index contributed by atoms with van der Waals surface area (Å²) < 4.78 is 4.68. The number of nitrogens with zero attached hydrogens (tertiary/aromatic N) is 2. The molecule has 0 spiro atoms. The quantitative estimate of drug-likeness (QED) is 0.490. The number of aryl methyl sites for hydroxylation is 1. The van der Waals surface area contributed by atoms with Crippen molar-refractivity contribution in [1.29, 1.82) is 0 Å². The molecule has 0 saturated heterocycles. The van der Waals surface area contributed by atoms with E-state index in [0.717, 1.165) is 28.6 Å². The molecule has 0 aromatic carbocycles. The zero-order chi connectivity index (χ0) is 14.8. The van der Waals surface area contributed by atoms with E-state index in [0.29, 0.717) is 12.2 Å². The van der Waals surface area contributed by atoms with Gasteiger partial charge in [-0.1, -0.05) is 6.92 Å². The molecular formula is C15H18N2O2S2. The lowest BCUT2D eigenvalue weighted by molar-refractivity contribution is -0.140. The van der Waals surface area contributed by atoms with Crippen LogP contribution in [0.5, 0.6) is 0 Å². The molecule has 1 aliphatic carbocycles. The summed E-state index contributed by atoms with van der Waals surface area (Å²) in [6, 6.07) is 0. The second kappa shape index (κ2) is 6.32. The Morgan fingerprint density at radius 2 is 2.38 bits per heavy atom. The standard InChI is InChI=1S/C15H18N2O2S2/c1-9-3-4-10-11(7-9)21-15-13(10)14(16-8-17-15)20-6-5-12(18)19-2/h8-9H,3-7H2,1-2H3/t9-/m1/s1. The molecule has 3 rings (SSSR count). The third-order valence-corrected chi connectivity index (χ3v) is 5.98. The number of rotatable bonds is 4. The Hall–Kier alpha value is -1.14. The molecule has 0 bridgehead atoms. The Kier molecular flexibility index (Phi) is 4.45. The average Bonchev–Trinajstić information content (AvgIpc) is 2.85. The van der Waals surface area contributed by atoms with Crippen LogP contribution in [0.3, 0.4) is 0 Å². The third-order valence-electron chi connectivity index (χ3n) is 3.83. The van der Waals surface area contributed by atoms with E-state index in [1.54, 1.807) is 29.4 Å². The first-order valence-corrected chi connectivity index (χ1v) is 8.94. The number of hydrogen-bond donors (Lipinski definition) is 0. The number of fused-ring (bicyclic) bond motifs is 3. The van der Waals surface area contributed by atoms with Crippen LogP contribution in [0.2, 0.25) is 0 Å². The van der Waals surface area contributed by atoms with E-state index in [-0.39, 0.29) is 5.97 Å². The lowest BCUT2D eigenvalue weighted by atomic mass is 9.89. The summed E-state index contributed by atoms with van der Waals surface area (Å²) in [5.74, 6) is 1.28. The molecule has 21 heavy (non-hydrogen) atoms. The number of esters is 1. The van der Waals surface area contributed by atoms with E-state index in [1.807, 2.05) is 0 Å². The van der Waals surface area contributed by atoms with E-state index < -0.39 is 0 Å². The number of thioether (sulfide) groups is 1. The largest absolute Gasteiger partial charge is 0.469 e. The molecule has 2 aromatic heterocycles. The summed E-state index contributed by atoms with van der Waals surface area (Å²) in [4.78, 5) is 22.6. The minimum atomic E-state index is -0.172. The molecule has 1 atom stereocenters. The van der Waals surface area contributed by atoms with Crippen molar-refractivity contribution < 1.29 is 9.53 Å². The maximum atomic E-state index is 11.2. The number of hydrogen-bond acceptors (Lipinski definition) is 6. The maximum Gasteiger partial charge on any atom is 0.306 e. The first kappa shape index (κ1) is 14.8. The Labute approximate surface area is 132 Å². The summed E-state index contributed by atoms with van der Waals surface area (Å²) in [6.45, 7) is 2.31. The van der Waals surface area contributed by atoms with Crippen molar-refractivity contribution in [2.75, 3.05) is 12.9 Å². The molecule has 112 valence electrons. The molecule has 0 radical (unpaired) electrons. The Balaban J connectivity index is 1.87. The van der Waals surface area contributed by atoms with E-state index in [4.69, 9.17) is 0 Å². The van der Waals surface area contributed by atoms with Gasteiger partial charge in [-0.25, -0.2) is 9.97 Å². The van der Waals surface area contributed by atoms with E-state index in [9.17, 15) is 4.79 Å². The second-order valence-electron chi connectivity index (χ2n) is 5.39. The van der Waals surface area contributed by atoms with E-state index in [2.05, 4.69) is 21.6 Å². The number of methoxy groups -OCH3 is 1. The molecular weight excluding hydrogens is 304 g/mol. The van der Waals surface area contributed by atoms with Crippen molar-refractivity contribution in [3.63, 3.8) is 0 Å². The second-order valence-corrected chi connectivity index (χ2v) is 7.55. The Bertz CT molecular complexity index is 669. The van der Waals surface area contributed by atoms with Crippen LogP contribution in [0.15, 0.2) is 11.4 Å².